The van der Waals surface area contributed by atoms with Gasteiger partial charge in [0.25, 0.3) is 0 Å². The van der Waals surface area contributed by atoms with E-state index in [-0.39, 0.29) is 11.5 Å². The maximum Gasteiger partial charge on any atom is 0.344 e. The molecule has 0 saturated carbocycles. The van der Waals surface area contributed by atoms with Crippen LogP contribution in [0.5, 0.6) is 0 Å². The molecule has 1 aliphatic rings. The zero-order valence-electron chi connectivity index (χ0n) is 10.3. The fourth-order valence-electron chi connectivity index (χ4n) is 2.15. The second-order valence-corrected chi connectivity index (χ2v) is 4.24. The van der Waals surface area contributed by atoms with Gasteiger partial charge in [-0.1, -0.05) is 36.4 Å². The summed E-state index contributed by atoms with van der Waals surface area (Å²) in [5, 5.41) is 11.4. The van der Waals surface area contributed by atoms with Crippen molar-refractivity contribution in [2.45, 2.75) is 0 Å². The van der Waals surface area contributed by atoms with Crippen molar-refractivity contribution in [3.8, 4) is 0 Å². The molecule has 0 spiro atoms. The number of carbonyl (C=O) groups is 1. The van der Waals surface area contributed by atoms with Crippen molar-refractivity contribution in [2.24, 2.45) is 0 Å². The highest BCUT2D eigenvalue weighted by molar-refractivity contribution is 6.06. The highest BCUT2D eigenvalue weighted by Gasteiger charge is 2.34. The SMILES string of the molecule is O=C1O/C(=C(\c2ccccc2)[N+](=O)[O-])c2ccccc21. The van der Waals surface area contributed by atoms with Crippen molar-refractivity contribution in [3.05, 3.63) is 81.4 Å². The maximum absolute atomic E-state index is 11.8. The van der Waals surface area contributed by atoms with Crippen molar-refractivity contribution < 1.29 is 14.5 Å². The highest BCUT2D eigenvalue weighted by Crippen LogP contribution is 2.35. The largest absolute Gasteiger partial charge is 0.415 e. The Morgan fingerprint density at radius 3 is 2.20 bits per heavy atom. The van der Waals surface area contributed by atoms with Crippen LogP contribution in [0.1, 0.15) is 21.5 Å². The van der Waals surface area contributed by atoms with Crippen LogP contribution < -0.4 is 0 Å². The molecular weight excluding hydrogens is 258 g/mol. The summed E-state index contributed by atoms with van der Waals surface area (Å²) >= 11 is 0. The standard InChI is InChI=1S/C15H9NO4/c17-15-12-9-5-4-8-11(12)14(20-15)13(16(18)19)10-6-2-1-3-7-10/h1-9H/b14-13+. The average molecular weight is 267 g/mol. The van der Waals surface area contributed by atoms with E-state index in [2.05, 4.69) is 0 Å². The number of nitrogens with zero attached hydrogens (tertiary/aromatic N) is 1. The van der Waals surface area contributed by atoms with Gasteiger partial charge in [0.2, 0.25) is 5.76 Å². The molecule has 0 radical (unpaired) electrons. The lowest BCUT2D eigenvalue weighted by atomic mass is 10.0. The second-order valence-electron chi connectivity index (χ2n) is 4.24. The minimum Gasteiger partial charge on any atom is -0.415 e. The third-order valence-corrected chi connectivity index (χ3v) is 3.03. The second kappa shape index (κ2) is 4.62. The Labute approximate surface area is 114 Å². The number of cyclic esters (lactones) is 1. The molecule has 0 atom stereocenters. The normalized spacial score (nSPS) is 15.5. The number of rotatable bonds is 2. The van der Waals surface area contributed by atoms with Gasteiger partial charge in [-0.3, -0.25) is 10.1 Å². The van der Waals surface area contributed by atoms with E-state index in [1.165, 1.54) is 0 Å². The van der Waals surface area contributed by atoms with E-state index >= 15 is 0 Å². The van der Waals surface area contributed by atoms with Gasteiger partial charge in [-0.05, 0) is 18.2 Å². The van der Waals surface area contributed by atoms with Gasteiger partial charge in [-0.25, -0.2) is 4.79 Å². The molecular formula is C15H9NO4. The lowest BCUT2D eigenvalue weighted by Crippen LogP contribution is -2.02. The number of carbonyl (C=O) groups excluding carboxylic acids is 1. The quantitative estimate of drug-likeness (QED) is 0.476. The van der Waals surface area contributed by atoms with Gasteiger partial charge in [-0.15, -0.1) is 0 Å². The minimum atomic E-state index is -0.564. The lowest BCUT2D eigenvalue weighted by Gasteiger charge is -2.02. The van der Waals surface area contributed by atoms with E-state index in [9.17, 15) is 14.9 Å². The van der Waals surface area contributed by atoms with E-state index in [0.717, 1.165) is 0 Å². The third kappa shape index (κ3) is 1.85. The van der Waals surface area contributed by atoms with E-state index < -0.39 is 10.9 Å². The molecule has 0 bridgehead atoms. The zero-order chi connectivity index (χ0) is 14.1. The summed E-state index contributed by atoms with van der Waals surface area (Å²) < 4.78 is 5.11. The van der Waals surface area contributed by atoms with Gasteiger partial charge in [-0.2, -0.15) is 0 Å². The van der Waals surface area contributed by atoms with Gasteiger partial charge < -0.3 is 4.74 Å². The predicted molar refractivity (Wildman–Crippen MR) is 72.1 cm³/mol. The molecule has 0 N–H and O–H groups in total. The molecule has 5 heteroatoms. The minimum absolute atomic E-state index is 0.00167. The summed E-state index contributed by atoms with van der Waals surface area (Å²) in [7, 11) is 0. The first-order valence-electron chi connectivity index (χ1n) is 5.94. The summed E-state index contributed by atoms with van der Waals surface area (Å²) in [6.07, 6.45) is 0. The molecule has 98 valence electrons. The smallest absolute Gasteiger partial charge is 0.344 e. The highest BCUT2D eigenvalue weighted by atomic mass is 16.6. The molecule has 0 fully saturated rings. The summed E-state index contributed by atoms with van der Waals surface area (Å²) in [6.45, 7) is 0. The number of ether oxygens (including phenoxy) is 1. The molecule has 0 amide bonds. The summed E-state index contributed by atoms with van der Waals surface area (Å²) in [4.78, 5) is 22.6. The number of hydrogen-bond donors (Lipinski definition) is 0. The maximum atomic E-state index is 11.8. The van der Waals surface area contributed by atoms with Crippen LogP contribution in [0.2, 0.25) is 0 Å². The van der Waals surface area contributed by atoms with Crippen molar-refractivity contribution in [1.82, 2.24) is 0 Å². The Morgan fingerprint density at radius 2 is 1.55 bits per heavy atom. The monoisotopic (exact) mass is 267 g/mol. The Hall–Kier alpha value is -2.95. The van der Waals surface area contributed by atoms with Crippen molar-refractivity contribution >= 4 is 17.4 Å². The van der Waals surface area contributed by atoms with Crippen LogP contribution in [0.4, 0.5) is 0 Å². The Balaban J connectivity index is 2.27. The van der Waals surface area contributed by atoms with Gasteiger partial charge in [0, 0.05) is 5.56 Å². The van der Waals surface area contributed by atoms with Crippen molar-refractivity contribution in [2.75, 3.05) is 0 Å². The summed E-state index contributed by atoms with van der Waals surface area (Å²) in [6, 6.07) is 15.0. The first-order valence-corrected chi connectivity index (χ1v) is 5.94. The van der Waals surface area contributed by atoms with E-state index in [1.54, 1.807) is 54.6 Å². The van der Waals surface area contributed by atoms with E-state index in [4.69, 9.17) is 4.74 Å². The fraction of sp³-hybridized carbons (Fsp3) is 0. The van der Waals surface area contributed by atoms with E-state index in [1.807, 2.05) is 0 Å². The van der Waals surface area contributed by atoms with E-state index in [0.29, 0.717) is 16.7 Å². The average Bonchev–Trinajstić information content (AvgIpc) is 2.78. The molecule has 2 aromatic carbocycles. The first-order chi connectivity index (χ1) is 9.68. The number of hydrogen-bond acceptors (Lipinski definition) is 4. The summed E-state index contributed by atoms with van der Waals surface area (Å²) in [5.41, 5.74) is 0.992. The predicted octanol–water partition coefficient (Wildman–Crippen LogP) is 2.96. The zero-order valence-corrected chi connectivity index (χ0v) is 10.3. The van der Waals surface area contributed by atoms with Gasteiger partial charge in [0.15, 0.2) is 0 Å². The van der Waals surface area contributed by atoms with Crippen molar-refractivity contribution in [1.29, 1.82) is 0 Å². The third-order valence-electron chi connectivity index (χ3n) is 3.03. The van der Waals surface area contributed by atoms with Crippen LogP contribution in [0.25, 0.3) is 11.5 Å². The van der Waals surface area contributed by atoms with Crippen LogP contribution >= 0.6 is 0 Å². The number of fused-ring (bicyclic) bond motifs is 1. The van der Waals surface area contributed by atoms with Crippen LogP contribution in [0, 0.1) is 10.1 Å². The van der Waals surface area contributed by atoms with Gasteiger partial charge >= 0.3 is 11.7 Å². The van der Waals surface area contributed by atoms with Crippen LogP contribution in [0.15, 0.2) is 54.6 Å². The molecule has 0 aromatic heterocycles. The molecule has 20 heavy (non-hydrogen) atoms. The Kier molecular flexibility index (Phi) is 2.80. The number of benzene rings is 2. The van der Waals surface area contributed by atoms with Crippen LogP contribution in [-0.4, -0.2) is 10.9 Å². The Bertz CT molecular complexity index is 735. The molecule has 1 heterocycles. The van der Waals surface area contributed by atoms with Crippen LogP contribution in [0.3, 0.4) is 0 Å². The van der Waals surface area contributed by atoms with Crippen LogP contribution in [-0.2, 0) is 4.74 Å². The van der Waals surface area contributed by atoms with Gasteiger partial charge in [0.05, 0.1) is 16.1 Å². The number of esters is 1. The first kappa shape index (κ1) is 12.1. The molecule has 3 rings (SSSR count). The number of nitro groups is 1. The molecule has 2 aromatic rings. The molecule has 0 saturated heterocycles. The van der Waals surface area contributed by atoms with Crippen molar-refractivity contribution in [3.63, 3.8) is 0 Å². The molecule has 0 unspecified atom stereocenters. The molecule has 5 nitrogen and oxygen atoms in total. The fourth-order valence-corrected chi connectivity index (χ4v) is 2.15. The molecule has 1 aliphatic heterocycles. The Morgan fingerprint density at radius 1 is 0.950 bits per heavy atom. The topological polar surface area (TPSA) is 69.4 Å². The van der Waals surface area contributed by atoms with Gasteiger partial charge in [0.1, 0.15) is 0 Å². The lowest BCUT2D eigenvalue weighted by molar-refractivity contribution is -0.375. The summed E-state index contributed by atoms with van der Waals surface area (Å²) in [5.74, 6) is -0.562. The molecule has 0 aliphatic carbocycles.